The number of nitrogens with two attached hydrogens (primary N) is 1. The van der Waals surface area contributed by atoms with Crippen molar-refractivity contribution in [3.8, 4) is 5.75 Å². The lowest BCUT2D eigenvalue weighted by atomic mass is 10.1. The van der Waals surface area contributed by atoms with E-state index < -0.39 is 6.61 Å². The molecular weight excluding hydrogens is 230 g/mol. The van der Waals surface area contributed by atoms with E-state index in [1.54, 1.807) is 12.1 Å². The molecule has 1 aromatic rings. The van der Waals surface area contributed by atoms with Gasteiger partial charge in [-0.15, -0.1) is 0 Å². The Bertz CT molecular complexity index is 397. The number of ether oxygens (including phenoxy) is 1. The summed E-state index contributed by atoms with van der Waals surface area (Å²) in [6, 6.07) is 4.78. The van der Waals surface area contributed by atoms with Crippen molar-refractivity contribution in [1.29, 1.82) is 0 Å². The first-order valence-electron chi connectivity index (χ1n) is 5.04. The standard InChI is InChI=1S/C11H14F2N2O2/c1-7-2-3-9(17-11(12)13)8(4-7)6-15-10(16)5-14/h2-4,11H,5-6,14H2,1H3,(H,15,16). The highest BCUT2D eigenvalue weighted by Gasteiger charge is 2.10. The number of alkyl halides is 2. The molecule has 1 rings (SSSR count). The maximum absolute atomic E-state index is 12.1. The van der Waals surface area contributed by atoms with Crippen molar-refractivity contribution in [2.24, 2.45) is 5.73 Å². The predicted octanol–water partition coefficient (Wildman–Crippen LogP) is 1.17. The van der Waals surface area contributed by atoms with Gasteiger partial charge in [0, 0.05) is 12.1 Å². The maximum atomic E-state index is 12.1. The number of carbonyl (C=O) groups excluding carboxylic acids is 1. The van der Waals surface area contributed by atoms with Gasteiger partial charge in [0.25, 0.3) is 0 Å². The van der Waals surface area contributed by atoms with Crippen LogP contribution in [0.25, 0.3) is 0 Å². The molecule has 0 aliphatic rings. The molecule has 0 unspecified atom stereocenters. The number of amides is 1. The second kappa shape index (κ2) is 6.15. The minimum absolute atomic E-state index is 0.0583. The van der Waals surface area contributed by atoms with Crippen molar-refractivity contribution < 1.29 is 18.3 Å². The largest absolute Gasteiger partial charge is 0.434 e. The van der Waals surface area contributed by atoms with Gasteiger partial charge in [-0.05, 0) is 13.0 Å². The Kier molecular flexibility index (Phi) is 4.84. The fourth-order valence-electron chi connectivity index (χ4n) is 1.32. The SMILES string of the molecule is Cc1ccc(OC(F)F)c(CNC(=O)CN)c1. The molecule has 0 heterocycles. The molecule has 0 aromatic heterocycles. The molecule has 0 fully saturated rings. The van der Waals surface area contributed by atoms with Gasteiger partial charge in [0.1, 0.15) is 5.75 Å². The van der Waals surface area contributed by atoms with E-state index in [9.17, 15) is 13.6 Å². The van der Waals surface area contributed by atoms with Gasteiger partial charge in [0.05, 0.1) is 6.54 Å². The summed E-state index contributed by atoms with van der Waals surface area (Å²) in [6.45, 7) is -1.10. The Balaban J connectivity index is 2.79. The number of halogens is 2. The van der Waals surface area contributed by atoms with Gasteiger partial charge in [-0.1, -0.05) is 17.7 Å². The molecule has 0 saturated heterocycles. The average molecular weight is 244 g/mol. The summed E-state index contributed by atoms with van der Waals surface area (Å²) in [5.74, 6) is -0.294. The van der Waals surface area contributed by atoms with E-state index in [-0.39, 0.29) is 24.7 Å². The number of nitrogens with one attached hydrogen (secondary N) is 1. The van der Waals surface area contributed by atoms with Crippen LogP contribution >= 0.6 is 0 Å². The molecule has 17 heavy (non-hydrogen) atoms. The number of benzene rings is 1. The van der Waals surface area contributed by atoms with Crippen molar-refractivity contribution in [3.05, 3.63) is 29.3 Å². The zero-order valence-corrected chi connectivity index (χ0v) is 9.37. The second-order valence-electron chi connectivity index (χ2n) is 3.47. The lowest BCUT2D eigenvalue weighted by Gasteiger charge is -2.12. The van der Waals surface area contributed by atoms with Gasteiger partial charge in [-0.2, -0.15) is 8.78 Å². The van der Waals surface area contributed by atoms with E-state index in [0.717, 1.165) is 5.56 Å². The highest BCUT2D eigenvalue weighted by Crippen LogP contribution is 2.21. The summed E-state index contributed by atoms with van der Waals surface area (Å²) in [5, 5.41) is 2.50. The van der Waals surface area contributed by atoms with E-state index in [1.165, 1.54) is 6.07 Å². The van der Waals surface area contributed by atoms with E-state index in [2.05, 4.69) is 10.1 Å². The Morgan fingerprint density at radius 3 is 2.82 bits per heavy atom. The van der Waals surface area contributed by atoms with Crippen LogP contribution in [0.2, 0.25) is 0 Å². The summed E-state index contributed by atoms with van der Waals surface area (Å²) in [6.07, 6.45) is 0. The summed E-state index contributed by atoms with van der Waals surface area (Å²) < 4.78 is 28.6. The lowest BCUT2D eigenvalue weighted by molar-refractivity contribution is -0.119. The number of carbonyl (C=O) groups is 1. The Morgan fingerprint density at radius 2 is 2.24 bits per heavy atom. The van der Waals surface area contributed by atoms with Crippen LogP contribution in [0.3, 0.4) is 0 Å². The highest BCUT2D eigenvalue weighted by molar-refractivity contribution is 5.77. The topological polar surface area (TPSA) is 64.3 Å². The molecule has 1 amide bonds. The van der Waals surface area contributed by atoms with Gasteiger partial charge >= 0.3 is 6.61 Å². The molecule has 3 N–H and O–H groups in total. The highest BCUT2D eigenvalue weighted by atomic mass is 19.3. The molecule has 0 spiro atoms. The molecule has 0 atom stereocenters. The molecule has 0 aliphatic heterocycles. The van der Waals surface area contributed by atoms with Crippen molar-refractivity contribution in [2.45, 2.75) is 20.1 Å². The number of aryl methyl sites for hydroxylation is 1. The van der Waals surface area contributed by atoms with Crippen LogP contribution in [-0.4, -0.2) is 19.1 Å². The molecule has 4 nitrogen and oxygen atoms in total. The number of rotatable bonds is 5. The first-order chi connectivity index (χ1) is 8.02. The maximum Gasteiger partial charge on any atom is 0.387 e. The monoisotopic (exact) mass is 244 g/mol. The third-order valence-corrected chi connectivity index (χ3v) is 2.09. The van der Waals surface area contributed by atoms with Gasteiger partial charge in [0.2, 0.25) is 5.91 Å². The Labute approximate surface area is 97.8 Å². The molecule has 0 radical (unpaired) electrons. The van der Waals surface area contributed by atoms with Crippen LogP contribution in [0.4, 0.5) is 8.78 Å². The third kappa shape index (κ3) is 4.36. The van der Waals surface area contributed by atoms with Crippen LogP contribution in [0.5, 0.6) is 5.75 Å². The van der Waals surface area contributed by atoms with Crippen molar-refractivity contribution >= 4 is 5.91 Å². The second-order valence-corrected chi connectivity index (χ2v) is 3.47. The third-order valence-electron chi connectivity index (χ3n) is 2.09. The van der Waals surface area contributed by atoms with Crippen molar-refractivity contribution in [1.82, 2.24) is 5.32 Å². The summed E-state index contributed by atoms with van der Waals surface area (Å²) in [4.78, 5) is 11.0. The summed E-state index contributed by atoms with van der Waals surface area (Å²) in [5.41, 5.74) is 6.51. The quantitative estimate of drug-likeness (QED) is 0.817. The molecular formula is C11H14F2N2O2. The average Bonchev–Trinajstić information content (AvgIpc) is 2.28. The Hall–Kier alpha value is -1.69. The normalized spacial score (nSPS) is 10.4. The molecule has 94 valence electrons. The minimum atomic E-state index is -2.89. The first kappa shape index (κ1) is 13.4. The number of hydrogen-bond acceptors (Lipinski definition) is 3. The molecule has 0 aliphatic carbocycles. The lowest BCUT2D eigenvalue weighted by Crippen LogP contribution is -2.29. The van der Waals surface area contributed by atoms with Crippen LogP contribution in [0.1, 0.15) is 11.1 Å². The van der Waals surface area contributed by atoms with E-state index >= 15 is 0 Å². The summed E-state index contributed by atoms with van der Waals surface area (Å²) in [7, 11) is 0. The summed E-state index contributed by atoms with van der Waals surface area (Å²) >= 11 is 0. The Morgan fingerprint density at radius 1 is 1.53 bits per heavy atom. The van der Waals surface area contributed by atoms with E-state index in [1.807, 2.05) is 6.92 Å². The van der Waals surface area contributed by atoms with Crippen LogP contribution in [0, 0.1) is 6.92 Å². The zero-order valence-electron chi connectivity index (χ0n) is 9.37. The zero-order chi connectivity index (χ0) is 12.8. The van der Waals surface area contributed by atoms with Gasteiger partial charge in [-0.25, -0.2) is 0 Å². The molecule has 6 heteroatoms. The van der Waals surface area contributed by atoms with Gasteiger partial charge in [0.15, 0.2) is 0 Å². The van der Waals surface area contributed by atoms with Crippen LogP contribution < -0.4 is 15.8 Å². The molecule has 0 saturated carbocycles. The number of hydrogen-bond donors (Lipinski definition) is 2. The van der Waals surface area contributed by atoms with Crippen LogP contribution in [0.15, 0.2) is 18.2 Å². The van der Waals surface area contributed by atoms with E-state index in [4.69, 9.17) is 5.73 Å². The molecule has 0 bridgehead atoms. The first-order valence-corrected chi connectivity index (χ1v) is 5.04. The fourth-order valence-corrected chi connectivity index (χ4v) is 1.32. The fraction of sp³-hybridized carbons (Fsp3) is 0.364. The van der Waals surface area contributed by atoms with Gasteiger partial charge < -0.3 is 15.8 Å². The predicted molar refractivity (Wildman–Crippen MR) is 58.7 cm³/mol. The van der Waals surface area contributed by atoms with Crippen molar-refractivity contribution in [2.75, 3.05) is 6.54 Å². The van der Waals surface area contributed by atoms with Gasteiger partial charge in [-0.3, -0.25) is 4.79 Å². The smallest absolute Gasteiger partial charge is 0.387 e. The minimum Gasteiger partial charge on any atom is -0.434 e. The molecule has 1 aromatic carbocycles. The van der Waals surface area contributed by atoms with Crippen molar-refractivity contribution in [3.63, 3.8) is 0 Å². The van der Waals surface area contributed by atoms with E-state index in [0.29, 0.717) is 5.56 Å². The van der Waals surface area contributed by atoms with Crippen LogP contribution in [-0.2, 0) is 11.3 Å².